The van der Waals surface area contributed by atoms with Crippen molar-refractivity contribution >= 4 is 22.5 Å². The van der Waals surface area contributed by atoms with Crippen LogP contribution in [0.1, 0.15) is 24.5 Å². The highest BCUT2D eigenvalue weighted by Crippen LogP contribution is 2.42. The molecule has 1 aromatic carbocycles. The molecule has 6 heteroatoms. The molecule has 1 heterocycles. The fourth-order valence-electron chi connectivity index (χ4n) is 1.99. The van der Waals surface area contributed by atoms with E-state index in [1.165, 1.54) is 12.1 Å². The standard InChI is InChI=1S/C13H9ClF3NO/c14-9-6-10(7-4-5-7)18-12-8(9)2-1-3-11(12)19-13(15,16)17/h1-3,6-7H,4-5H2. The molecular weight excluding hydrogens is 279 g/mol. The predicted molar refractivity (Wildman–Crippen MR) is 65.4 cm³/mol. The SMILES string of the molecule is FC(F)(F)Oc1cccc2c(Cl)cc(C3CC3)nc12. The van der Waals surface area contributed by atoms with Crippen LogP contribution in [0.3, 0.4) is 0 Å². The van der Waals surface area contributed by atoms with Gasteiger partial charge in [0.1, 0.15) is 5.52 Å². The second-order valence-electron chi connectivity index (χ2n) is 4.50. The summed E-state index contributed by atoms with van der Waals surface area (Å²) in [4.78, 5) is 4.27. The van der Waals surface area contributed by atoms with Gasteiger partial charge in [0, 0.05) is 17.0 Å². The third-order valence-corrected chi connectivity index (χ3v) is 3.31. The number of fused-ring (bicyclic) bond motifs is 1. The molecular formula is C13H9ClF3NO. The molecule has 2 nitrogen and oxygen atoms in total. The number of hydrogen-bond donors (Lipinski definition) is 0. The Bertz CT molecular complexity index is 638. The smallest absolute Gasteiger partial charge is 0.403 e. The van der Waals surface area contributed by atoms with Gasteiger partial charge in [-0.3, -0.25) is 0 Å². The van der Waals surface area contributed by atoms with E-state index in [0.29, 0.717) is 16.3 Å². The molecule has 0 unspecified atom stereocenters. The van der Waals surface area contributed by atoms with Crippen LogP contribution in [0.25, 0.3) is 10.9 Å². The molecule has 1 fully saturated rings. The zero-order chi connectivity index (χ0) is 13.6. The quantitative estimate of drug-likeness (QED) is 0.801. The van der Waals surface area contributed by atoms with E-state index in [1.807, 2.05) is 0 Å². The molecule has 0 amide bonds. The van der Waals surface area contributed by atoms with Crippen molar-refractivity contribution in [2.75, 3.05) is 0 Å². The Morgan fingerprint density at radius 2 is 2.00 bits per heavy atom. The largest absolute Gasteiger partial charge is 0.573 e. The van der Waals surface area contributed by atoms with Gasteiger partial charge in [-0.25, -0.2) is 4.98 Å². The summed E-state index contributed by atoms with van der Waals surface area (Å²) in [5, 5.41) is 0.868. The summed E-state index contributed by atoms with van der Waals surface area (Å²) in [5.41, 5.74) is 0.893. The van der Waals surface area contributed by atoms with Crippen molar-refractivity contribution in [3.8, 4) is 5.75 Å². The van der Waals surface area contributed by atoms with Crippen LogP contribution < -0.4 is 4.74 Å². The summed E-state index contributed by atoms with van der Waals surface area (Å²) >= 11 is 6.10. The van der Waals surface area contributed by atoms with Gasteiger partial charge in [0.15, 0.2) is 5.75 Å². The van der Waals surface area contributed by atoms with Crippen LogP contribution in [0, 0.1) is 0 Å². The zero-order valence-corrected chi connectivity index (χ0v) is 10.4. The summed E-state index contributed by atoms with van der Waals surface area (Å²) in [6, 6.07) is 6.06. The molecule has 100 valence electrons. The van der Waals surface area contributed by atoms with Crippen LogP contribution in [0.15, 0.2) is 24.3 Å². The highest BCUT2D eigenvalue weighted by atomic mass is 35.5. The lowest BCUT2D eigenvalue weighted by Gasteiger charge is -2.12. The van der Waals surface area contributed by atoms with Crippen LogP contribution in [-0.2, 0) is 0 Å². The minimum absolute atomic E-state index is 0.161. The average molecular weight is 288 g/mol. The first kappa shape index (κ1) is 12.5. The van der Waals surface area contributed by atoms with E-state index in [9.17, 15) is 13.2 Å². The van der Waals surface area contributed by atoms with Gasteiger partial charge in [0.05, 0.1) is 5.02 Å². The van der Waals surface area contributed by atoms with Gasteiger partial charge in [0.25, 0.3) is 0 Å². The maximum atomic E-state index is 12.4. The average Bonchev–Trinajstić information content (AvgIpc) is 3.12. The first-order valence-corrected chi connectivity index (χ1v) is 6.17. The number of ether oxygens (including phenoxy) is 1. The second kappa shape index (κ2) is 4.27. The monoisotopic (exact) mass is 287 g/mol. The summed E-state index contributed by atoms with van der Waals surface area (Å²) in [7, 11) is 0. The number of nitrogens with zero attached hydrogens (tertiary/aromatic N) is 1. The van der Waals surface area contributed by atoms with Crippen LogP contribution in [-0.4, -0.2) is 11.3 Å². The molecule has 0 bridgehead atoms. The van der Waals surface area contributed by atoms with Crippen LogP contribution in [0.4, 0.5) is 13.2 Å². The first-order chi connectivity index (χ1) is 8.94. The van der Waals surface area contributed by atoms with Crippen LogP contribution >= 0.6 is 11.6 Å². The number of pyridine rings is 1. The fraction of sp³-hybridized carbons (Fsp3) is 0.308. The van der Waals surface area contributed by atoms with E-state index in [4.69, 9.17) is 11.6 Å². The number of benzene rings is 1. The molecule has 0 N–H and O–H groups in total. The lowest BCUT2D eigenvalue weighted by atomic mass is 10.1. The second-order valence-corrected chi connectivity index (χ2v) is 4.91. The number of rotatable bonds is 2. The Morgan fingerprint density at radius 3 is 2.63 bits per heavy atom. The molecule has 3 rings (SSSR count). The van der Waals surface area contributed by atoms with Crippen molar-refractivity contribution in [3.63, 3.8) is 0 Å². The van der Waals surface area contributed by atoms with E-state index < -0.39 is 6.36 Å². The molecule has 0 spiro atoms. The third-order valence-electron chi connectivity index (χ3n) is 2.99. The Labute approximate surface area is 112 Å². The predicted octanol–water partition coefficient (Wildman–Crippen LogP) is 4.66. The summed E-state index contributed by atoms with van der Waals surface area (Å²) in [6.45, 7) is 0. The Balaban J connectivity index is 2.16. The molecule has 0 aliphatic heterocycles. The topological polar surface area (TPSA) is 22.1 Å². The molecule has 19 heavy (non-hydrogen) atoms. The van der Waals surface area contributed by atoms with Crippen LogP contribution in [0.2, 0.25) is 5.02 Å². The fourth-order valence-corrected chi connectivity index (χ4v) is 2.26. The molecule has 1 aliphatic carbocycles. The van der Waals surface area contributed by atoms with Crippen molar-refractivity contribution in [1.29, 1.82) is 0 Å². The lowest BCUT2D eigenvalue weighted by Crippen LogP contribution is -2.17. The minimum atomic E-state index is -4.74. The molecule has 1 aromatic heterocycles. The number of aromatic nitrogens is 1. The van der Waals surface area contributed by atoms with Gasteiger partial charge in [-0.05, 0) is 25.0 Å². The van der Waals surface area contributed by atoms with E-state index >= 15 is 0 Å². The Morgan fingerprint density at radius 1 is 1.26 bits per heavy atom. The maximum absolute atomic E-state index is 12.4. The number of hydrogen-bond acceptors (Lipinski definition) is 2. The normalized spacial score (nSPS) is 15.8. The molecule has 1 aliphatic rings. The van der Waals surface area contributed by atoms with E-state index in [1.54, 1.807) is 12.1 Å². The number of alkyl halides is 3. The van der Waals surface area contributed by atoms with E-state index in [2.05, 4.69) is 9.72 Å². The van der Waals surface area contributed by atoms with Gasteiger partial charge >= 0.3 is 6.36 Å². The highest BCUT2D eigenvalue weighted by Gasteiger charge is 2.33. The maximum Gasteiger partial charge on any atom is 0.573 e. The first-order valence-electron chi connectivity index (χ1n) is 5.79. The van der Waals surface area contributed by atoms with Crippen molar-refractivity contribution in [2.45, 2.75) is 25.1 Å². The van der Waals surface area contributed by atoms with Gasteiger partial charge in [0.2, 0.25) is 0 Å². The number of halogens is 4. The van der Waals surface area contributed by atoms with E-state index in [-0.39, 0.29) is 11.3 Å². The van der Waals surface area contributed by atoms with E-state index in [0.717, 1.165) is 18.5 Å². The molecule has 0 radical (unpaired) electrons. The number of para-hydroxylation sites is 1. The van der Waals surface area contributed by atoms with Gasteiger partial charge in [-0.15, -0.1) is 13.2 Å². The zero-order valence-electron chi connectivity index (χ0n) is 9.67. The third kappa shape index (κ3) is 2.61. The molecule has 2 aromatic rings. The summed E-state index contributed by atoms with van der Waals surface area (Å²) in [5.74, 6) is -0.00440. The minimum Gasteiger partial charge on any atom is -0.403 e. The molecule has 0 saturated heterocycles. The molecule has 1 saturated carbocycles. The van der Waals surface area contributed by atoms with Crippen LogP contribution in [0.5, 0.6) is 5.75 Å². The summed E-state index contributed by atoms with van der Waals surface area (Å²) in [6.07, 6.45) is -2.74. The Hall–Kier alpha value is -1.49. The van der Waals surface area contributed by atoms with Crippen molar-refractivity contribution < 1.29 is 17.9 Å². The summed E-state index contributed by atoms with van der Waals surface area (Å²) < 4.78 is 41.1. The van der Waals surface area contributed by atoms with Gasteiger partial charge in [-0.2, -0.15) is 0 Å². The highest BCUT2D eigenvalue weighted by molar-refractivity contribution is 6.35. The van der Waals surface area contributed by atoms with Crippen molar-refractivity contribution in [1.82, 2.24) is 4.98 Å². The van der Waals surface area contributed by atoms with Gasteiger partial charge in [-0.1, -0.05) is 23.7 Å². The molecule has 0 atom stereocenters. The van der Waals surface area contributed by atoms with Crippen molar-refractivity contribution in [2.24, 2.45) is 0 Å². The lowest BCUT2D eigenvalue weighted by molar-refractivity contribution is -0.274. The van der Waals surface area contributed by atoms with Crippen molar-refractivity contribution in [3.05, 3.63) is 35.0 Å². The van der Waals surface area contributed by atoms with Gasteiger partial charge < -0.3 is 4.74 Å². The Kier molecular flexibility index (Phi) is 2.82.